The van der Waals surface area contributed by atoms with Gasteiger partial charge in [-0.2, -0.15) is 0 Å². The summed E-state index contributed by atoms with van der Waals surface area (Å²) in [5.74, 6) is 2.35. The van der Waals surface area contributed by atoms with Crippen LogP contribution >= 0.6 is 24.0 Å². The molecule has 2 N–H and O–H groups in total. The SMILES string of the molecule is CCOCCCCNC(=NC)NCc1ccc(OC)cc1OC.I. The lowest BCUT2D eigenvalue weighted by molar-refractivity contribution is 0.143. The highest BCUT2D eigenvalue weighted by Crippen LogP contribution is 2.24. The Morgan fingerprint density at radius 3 is 2.54 bits per heavy atom. The summed E-state index contributed by atoms with van der Waals surface area (Å²) in [4.78, 5) is 4.22. The molecule has 138 valence electrons. The summed E-state index contributed by atoms with van der Waals surface area (Å²) in [6.07, 6.45) is 2.09. The van der Waals surface area contributed by atoms with Crippen molar-refractivity contribution in [2.24, 2.45) is 4.99 Å². The van der Waals surface area contributed by atoms with Crippen molar-refractivity contribution in [1.82, 2.24) is 10.6 Å². The van der Waals surface area contributed by atoms with Crippen LogP contribution in [0.4, 0.5) is 0 Å². The van der Waals surface area contributed by atoms with Crippen LogP contribution in [-0.2, 0) is 11.3 Å². The Morgan fingerprint density at radius 2 is 1.92 bits per heavy atom. The molecule has 0 saturated carbocycles. The molecule has 1 aromatic rings. The molecule has 7 heteroatoms. The number of ether oxygens (including phenoxy) is 3. The predicted molar refractivity (Wildman–Crippen MR) is 109 cm³/mol. The standard InChI is InChI=1S/C17H29N3O3.HI/c1-5-23-11-7-6-10-19-17(18-2)20-13-14-8-9-15(21-3)12-16(14)22-4;/h8-9,12H,5-7,10-11,13H2,1-4H3,(H2,18,19,20);1H. The summed E-state index contributed by atoms with van der Waals surface area (Å²) < 4.78 is 15.9. The first-order chi connectivity index (χ1) is 11.2. The van der Waals surface area contributed by atoms with Gasteiger partial charge in [-0.25, -0.2) is 0 Å². The molecule has 0 bridgehead atoms. The quantitative estimate of drug-likeness (QED) is 0.248. The molecule has 0 amide bonds. The molecule has 0 radical (unpaired) electrons. The summed E-state index contributed by atoms with van der Waals surface area (Å²) in [7, 11) is 5.06. The van der Waals surface area contributed by atoms with Crippen molar-refractivity contribution >= 4 is 29.9 Å². The first-order valence-corrected chi connectivity index (χ1v) is 7.98. The maximum atomic E-state index is 5.40. The maximum absolute atomic E-state index is 5.40. The molecule has 0 spiro atoms. The highest BCUT2D eigenvalue weighted by molar-refractivity contribution is 14.0. The first kappa shape index (κ1) is 22.8. The minimum absolute atomic E-state index is 0. The Balaban J connectivity index is 0.00000529. The number of nitrogens with one attached hydrogen (secondary N) is 2. The van der Waals surface area contributed by atoms with Gasteiger partial charge in [0, 0.05) is 45.0 Å². The Hall–Kier alpha value is -1.22. The van der Waals surface area contributed by atoms with Crippen LogP contribution < -0.4 is 20.1 Å². The number of halogens is 1. The van der Waals surface area contributed by atoms with Crippen molar-refractivity contribution in [1.29, 1.82) is 0 Å². The van der Waals surface area contributed by atoms with E-state index in [9.17, 15) is 0 Å². The zero-order valence-electron chi connectivity index (χ0n) is 15.1. The van der Waals surface area contributed by atoms with E-state index in [4.69, 9.17) is 14.2 Å². The molecule has 0 aliphatic rings. The van der Waals surface area contributed by atoms with Crippen LogP contribution in [0.5, 0.6) is 11.5 Å². The average Bonchev–Trinajstić information content (AvgIpc) is 2.60. The van der Waals surface area contributed by atoms with E-state index in [1.165, 1.54) is 0 Å². The molecule has 0 heterocycles. The molecule has 0 atom stereocenters. The Labute approximate surface area is 162 Å². The van der Waals surface area contributed by atoms with Crippen LogP contribution in [0, 0.1) is 0 Å². The van der Waals surface area contributed by atoms with Gasteiger partial charge < -0.3 is 24.8 Å². The normalized spacial score (nSPS) is 10.8. The second kappa shape index (κ2) is 14.2. The van der Waals surface area contributed by atoms with Gasteiger partial charge in [0.2, 0.25) is 0 Å². The monoisotopic (exact) mass is 451 g/mol. The summed E-state index contributed by atoms with van der Waals surface area (Å²) >= 11 is 0. The van der Waals surface area contributed by atoms with Gasteiger partial charge in [0.25, 0.3) is 0 Å². The fraction of sp³-hybridized carbons (Fsp3) is 0.588. The number of aliphatic imine (C=N–C) groups is 1. The third-order valence-electron chi connectivity index (χ3n) is 3.38. The highest BCUT2D eigenvalue weighted by Gasteiger charge is 2.06. The van der Waals surface area contributed by atoms with Crippen molar-refractivity contribution in [2.45, 2.75) is 26.3 Å². The van der Waals surface area contributed by atoms with Gasteiger partial charge in [-0.15, -0.1) is 24.0 Å². The van der Waals surface area contributed by atoms with E-state index < -0.39 is 0 Å². The van der Waals surface area contributed by atoms with Gasteiger partial charge in [0.15, 0.2) is 5.96 Å². The van der Waals surface area contributed by atoms with E-state index in [0.29, 0.717) is 6.54 Å². The van der Waals surface area contributed by atoms with Gasteiger partial charge in [0.1, 0.15) is 11.5 Å². The number of unbranched alkanes of at least 4 members (excludes halogenated alkanes) is 1. The van der Waals surface area contributed by atoms with Gasteiger partial charge in [-0.05, 0) is 31.9 Å². The van der Waals surface area contributed by atoms with E-state index in [2.05, 4.69) is 15.6 Å². The van der Waals surface area contributed by atoms with Crippen LogP contribution in [0.15, 0.2) is 23.2 Å². The van der Waals surface area contributed by atoms with Crippen LogP contribution in [0.25, 0.3) is 0 Å². The largest absolute Gasteiger partial charge is 0.497 e. The molecular weight excluding hydrogens is 421 g/mol. The summed E-state index contributed by atoms with van der Waals surface area (Å²) in [5.41, 5.74) is 1.05. The Morgan fingerprint density at radius 1 is 1.12 bits per heavy atom. The third-order valence-corrected chi connectivity index (χ3v) is 3.38. The van der Waals surface area contributed by atoms with Crippen molar-refractivity contribution in [3.63, 3.8) is 0 Å². The number of rotatable bonds is 10. The Bertz CT molecular complexity index is 484. The Kier molecular flexibility index (Phi) is 13.4. The van der Waals surface area contributed by atoms with Gasteiger partial charge in [0.05, 0.1) is 14.2 Å². The molecule has 0 aliphatic heterocycles. The average molecular weight is 451 g/mol. The second-order valence-corrected chi connectivity index (χ2v) is 4.93. The number of nitrogens with zero attached hydrogens (tertiary/aromatic N) is 1. The van der Waals surface area contributed by atoms with Crippen LogP contribution in [-0.4, -0.2) is 47.0 Å². The number of methoxy groups -OCH3 is 2. The molecule has 0 unspecified atom stereocenters. The number of hydrogen-bond donors (Lipinski definition) is 2. The second-order valence-electron chi connectivity index (χ2n) is 4.93. The molecule has 0 aliphatic carbocycles. The molecule has 0 aromatic heterocycles. The lowest BCUT2D eigenvalue weighted by Crippen LogP contribution is -2.37. The lowest BCUT2D eigenvalue weighted by atomic mass is 10.2. The lowest BCUT2D eigenvalue weighted by Gasteiger charge is -2.14. The molecule has 0 fully saturated rings. The topological polar surface area (TPSA) is 64.1 Å². The minimum atomic E-state index is 0. The van der Waals surface area contributed by atoms with E-state index >= 15 is 0 Å². The predicted octanol–water partition coefficient (Wildman–Crippen LogP) is 2.80. The van der Waals surface area contributed by atoms with Crippen LogP contribution in [0.2, 0.25) is 0 Å². The van der Waals surface area contributed by atoms with Crippen LogP contribution in [0.3, 0.4) is 0 Å². The van der Waals surface area contributed by atoms with Gasteiger partial charge in [-0.3, -0.25) is 4.99 Å². The summed E-state index contributed by atoms with van der Waals surface area (Å²) in [5, 5.41) is 6.58. The molecule has 24 heavy (non-hydrogen) atoms. The van der Waals surface area contributed by atoms with E-state index in [1.54, 1.807) is 21.3 Å². The number of benzene rings is 1. The molecule has 1 aromatic carbocycles. The third kappa shape index (κ3) is 8.58. The first-order valence-electron chi connectivity index (χ1n) is 7.98. The van der Waals surface area contributed by atoms with Crippen LogP contribution in [0.1, 0.15) is 25.3 Å². The molecule has 6 nitrogen and oxygen atoms in total. The van der Waals surface area contributed by atoms with Crippen molar-refractivity contribution in [3.8, 4) is 11.5 Å². The van der Waals surface area contributed by atoms with E-state index in [-0.39, 0.29) is 24.0 Å². The van der Waals surface area contributed by atoms with E-state index in [1.807, 2.05) is 25.1 Å². The van der Waals surface area contributed by atoms with Crippen molar-refractivity contribution in [2.75, 3.05) is 41.0 Å². The van der Waals surface area contributed by atoms with Gasteiger partial charge >= 0.3 is 0 Å². The minimum Gasteiger partial charge on any atom is -0.497 e. The zero-order valence-corrected chi connectivity index (χ0v) is 17.4. The van der Waals surface area contributed by atoms with Gasteiger partial charge in [-0.1, -0.05) is 0 Å². The smallest absolute Gasteiger partial charge is 0.191 e. The summed E-state index contributed by atoms with van der Waals surface area (Å²) in [6, 6.07) is 5.78. The molecule has 1 rings (SSSR count). The zero-order chi connectivity index (χ0) is 16.9. The van der Waals surface area contributed by atoms with Crippen molar-refractivity contribution < 1.29 is 14.2 Å². The summed E-state index contributed by atoms with van der Waals surface area (Å²) in [6.45, 7) is 5.10. The molecule has 0 saturated heterocycles. The maximum Gasteiger partial charge on any atom is 0.191 e. The van der Waals surface area contributed by atoms with Crippen molar-refractivity contribution in [3.05, 3.63) is 23.8 Å². The fourth-order valence-electron chi connectivity index (χ4n) is 2.08. The highest BCUT2D eigenvalue weighted by atomic mass is 127. The fourth-order valence-corrected chi connectivity index (χ4v) is 2.08. The number of guanidine groups is 1. The number of hydrogen-bond acceptors (Lipinski definition) is 4. The molecular formula is C17H30IN3O3. The van der Waals surface area contributed by atoms with E-state index in [0.717, 1.165) is 55.6 Å².